The van der Waals surface area contributed by atoms with Crippen molar-refractivity contribution in [1.82, 2.24) is 4.98 Å². The van der Waals surface area contributed by atoms with E-state index in [0.29, 0.717) is 15.6 Å². The lowest BCUT2D eigenvalue weighted by Gasteiger charge is -2.04. The van der Waals surface area contributed by atoms with E-state index in [1.807, 2.05) is 6.92 Å². The molecule has 0 bridgehead atoms. The highest BCUT2D eigenvalue weighted by molar-refractivity contribution is 9.10. The molecule has 0 radical (unpaired) electrons. The molecule has 0 unspecified atom stereocenters. The van der Waals surface area contributed by atoms with Gasteiger partial charge in [-0.05, 0) is 36.8 Å². The molecule has 0 amide bonds. The first-order chi connectivity index (χ1) is 8.56. The molecule has 1 aromatic heterocycles. The fourth-order valence-corrected chi connectivity index (χ4v) is 1.99. The van der Waals surface area contributed by atoms with E-state index in [0.717, 1.165) is 5.69 Å². The summed E-state index contributed by atoms with van der Waals surface area (Å²) in [4.78, 5) is 16.0. The van der Waals surface area contributed by atoms with Gasteiger partial charge in [0.25, 0.3) is 0 Å². The average Bonchev–Trinajstić information content (AvgIpc) is 2.32. The van der Waals surface area contributed by atoms with Crippen molar-refractivity contribution in [2.45, 2.75) is 13.3 Å². The van der Waals surface area contributed by atoms with Gasteiger partial charge in [0.1, 0.15) is 5.82 Å². The molecule has 0 saturated heterocycles. The monoisotopic (exact) mass is 307 g/mol. The van der Waals surface area contributed by atoms with Crippen molar-refractivity contribution in [3.63, 3.8) is 0 Å². The number of carbonyl (C=O) groups excluding carboxylic acids is 1. The van der Waals surface area contributed by atoms with E-state index in [4.69, 9.17) is 0 Å². The van der Waals surface area contributed by atoms with Gasteiger partial charge in [-0.25, -0.2) is 4.39 Å². The van der Waals surface area contributed by atoms with Gasteiger partial charge in [-0.15, -0.1) is 0 Å². The number of nitrogens with zero attached hydrogens (tertiary/aromatic N) is 1. The summed E-state index contributed by atoms with van der Waals surface area (Å²) in [6, 6.07) is 8.06. The fourth-order valence-electron chi connectivity index (χ4n) is 1.66. The fraction of sp³-hybridized carbons (Fsp3) is 0.143. The molecular formula is C14H11BrFNO. The molecule has 4 heteroatoms. The summed E-state index contributed by atoms with van der Waals surface area (Å²) >= 11 is 3.18. The topological polar surface area (TPSA) is 30.0 Å². The second-order valence-corrected chi connectivity index (χ2v) is 4.94. The molecule has 0 N–H and O–H groups in total. The largest absolute Gasteiger partial charge is 0.294 e. The SMILES string of the molecule is Cc1cc(C(=O)Cc2ccc(Br)cc2F)ccn1. The number of Topliss-reactive ketones (excluding diaryl/α,β-unsaturated/α-hetero) is 1. The van der Waals surface area contributed by atoms with Crippen LogP contribution < -0.4 is 0 Å². The zero-order valence-corrected chi connectivity index (χ0v) is 11.4. The highest BCUT2D eigenvalue weighted by atomic mass is 79.9. The maximum absolute atomic E-state index is 13.6. The molecule has 0 saturated carbocycles. The third kappa shape index (κ3) is 3.01. The van der Waals surface area contributed by atoms with Crippen molar-refractivity contribution < 1.29 is 9.18 Å². The number of halogens is 2. The molecule has 0 fully saturated rings. The smallest absolute Gasteiger partial charge is 0.167 e. The van der Waals surface area contributed by atoms with E-state index in [1.165, 1.54) is 6.07 Å². The first kappa shape index (κ1) is 12.9. The predicted octanol–water partition coefficient (Wildman–Crippen LogP) is 3.72. The van der Waals surface area contributed by atoms with E-state index in [-0.39, 0.29) is 18.0 Å². The van der Waals surface area contributed by atoms with Crippen molar-refractivity contribution in [3.8, 4) is 0 Å². The first-order valence-electron chi connectivity index (χ1n) is 5.46. The van der Waals surface area contributed by atoms with Crippen LogP contribution in [0.15, 0.2) is 41.0 Å². The van der Waals surface area contributed by atoms with Gasteiger partial charge in [0, 0.05) is 28.3 Å². The molecule has 0 aliphatic heterocycles. The van der Waals surface area contributed by atoms with Crippen LogP contribution in [0.5, 0.6) is 0 Å². The van der Waals surface area contributed by atoms with Crippen LogP contribution in [0.1, 0.15) is 21.6 Å². The highest BCUT2D eigenvalue weighted by Crippen LogP contribution is 2.17. The van der Waals surface area contributed by atoms with Crippen molar-refractivity contribution in [1.29, 1.82) is 0 Å². The van der Waals surface area contributed by atoms with Crippen LogP contribution in [0.4, 0.5) is 4.39 Å². The summed E-state index contributed by atoms with van der Waals surface area (Å²) in [6.07, 6.45) is 1.64. The van der Waals surface area contributed by atoms with Gasteiger partial charge in [0.15, 0.2) is 5.78 Å². The van der Waals surface area contributed by atoms with Gasteiger partial charge in [-0.2, -0.15) is 0 Å². The van der Waals surface area contributed by atoms with Gasteiger partial charge in [-0.1, -0.05) is 22.0 Å². The number of benzene rings is 1. The van der Waals surface area contributed by atoms with Crippen LogP contribution in [0.25, 0.3) is 0 Å². The number of ketones is 1. The van der Waals surface area contributed by atoms with Crippen LogP contribution in [-0.4, -0.2) is 10.8 Å². The summed E-state index contributed by atoms with van der Waals surface area (Å²) in [5.41, 5.74) is 1.74. The Morgan fingerprint density at radius 1 is 1.33 bits per heavy atom. The molecule has 0 atom stereocenters. The number of carbonyl (C=O) groups is 1. The summed E-state index contributed by atoms with van der Waals surface area (Å²) in [5.74, 6) is -0.481. The normalized spacial score (nSPS) is 10.4. The maximum Gasteiger partial charge on any atom is 0.167 e. The third-order valence-corrected chi connectivity index (χ3v) is 3.08. The first-order valence-corrected chi connectivity index (χ1v) is 6.25. The van der Waals surface area contributed by atoms with Crippen LogP contribution in [0, 0.1) is 12.7 Å². The van der Waals surface area contributed by atoms with Gasteiger partial charge in [-0.3, -0.25) is 9.78 Å². The van der Waals surface area contributed by atoms with E-state index < -0.39 is 0 Å². The molecule has 92 valence electrons. The summed E-state index contributed by atoms with van der Waals surface area (Å²) in [7, 11) is 0. The number of aryl methyl sites for hydroxylation is 1. The molecule has 0 spiro atoms. The molecule has 0 aliphatic carbocycles. The van der Waals surface area contributed by atoms with Crippen LogP contribution in [-0.2, 0) is 6.42 Å². The Morgan fingerprint density at radius 2 is 2.11 bits per heavy atom. The lowest BCUT2D eigenvalue weighted by molar-refractivity contribution is 0.0991. The van der Waals surface area contributed by atoms with Crippen molar-refractivity contribution >= 4 is 21.7 Å². The molecule has 2 nitrogen and oxygen atoms in total. The predicted molar refractivity (Wildman–Crippen MR) is 71.1 cm³/mol. The van der Waals surface area contributed by atoms with E-state index in [9.17, 15) is 9.18 Å². The van der Waals surface area contributed by atoms with Gasteiger partial charge >= 0.3 is 0 Å². The van der Waals surface area contributed by atoms with Gasteiger partial charge in [0.2, 0.25) is 0 Å². The van der Waals surface area contributed by atoms with Gasteiger partial charge in [0.05, 0.1) is 0 Å². The molecule has 1 aromatic carbocycles. The number of hydrogen-bond donors (Lipinski definition) is 0. The summed E-state index contributed by atoms with van der Waals surface area (Å²) in [5, 5.41) is 0. The molecule has 2 aromatic rings. The Balaban J connectivity index is 2.21. The van der Waals surface area contributed by atoms with E-state index in [1.54, 1.807) is 30.5 Å². The maximum atomic E-state index is 13.6. The second kappa shape index (κ2) is 5.40. The molecule has 1 heterocycles. The summed E-state index contributed by atoms with van der Waals surface area (Å²) < 4.78 is 14.3. The van der Waals surface area contributed by atoms with Crippen LogP contribution in [0.3, 0.4) is 0 Å². The Morgan fingerprint density at radius 3 is 2.78 bits per heavy atom. The number of aromatic nitrogens is 1. The van der Waals surface area contributed by atoms with Gasteiger partial charge < -0.3 is 0 Å². The Labute approximate surface area is 113 Å². The highest BCUT2D eigenvalue weighted by Gasteiger charge is 2.11. The Kier molecular flexibility index (Phi) is 3.87. The molecule has 18 heavy (non-hydrogen) atoms. The van der Waals surface area contributed by atoms with E-state index >= 15 is 0 Å². The lowest BCUT2D eigenvalue weighted by atomic mass is 10.0. The number of pyridine rings is 1. The standard InChI is InChI=1S/C14H11BrFNO/c1-9-6-11(4-5-17-9)14(18)7-10-2-3-12(15)8-13(10)16/h2-6,8H,7H2,1H3. The molecular weight excluding hydrogens is 297 g/mol. The zero-order chi connectivity index (χ0) is 13.1. The Hall–Kier alpha value is -1.55. The van der Waals surface area contributed by atoms with Crippen molar-refractivity contribution in [2.24, 2.45) is 0 Å². The average molecular weight is 308 g/mol. The Bertz CT molecular complexity index is 598. The molecule has 2 rings (SSSR count). The minimum Gasteiger partial charge on any atom is -0.294 e. The zero-order valence-electron chi connectivity index (χ0n) is 9.78. The van der Waals surface area contributed by atoms with Crippen LogP contribution >= 0.6 is 15.9 Å². The van der Waals surface area contributed by atoms with Crippen molar-refractivity contribution in [3.05, 3.63) is 63.6 Å². The molecule has 0 aliphatic rings. The lowest BCUT2D eigenvalue weighted by Crippen LogP contribution is -2.05. The number of hydrogen-bond acceptors (Lipinski definition) is 2. The minimum absolute atomic E-state index is 0.0581. The summed E-state index contributed by atoms with van der Waals surface area (Å²) in [6.45, 7) is 1.82. The minimum atomic E-state index is -0.372. The van der Waals surface area contributed by atoms with Crippen molar-refractivity contribution in [2.75, 3.05) is 0 Å². The quantitative estimate of drug-likeness (QED) is 0.809. The van der Waals surface area contributed by atoms with E-state index in [2.05, 4.69) is 20.9 Å². The van der Waals surface area contributed by atoms with Crippen LogP contribution in [0.2, 0.25) is 0 Å². The second-order valence-electron chi connectivity index (χ2n) is 4.02. The third-order valence-electron chi connectivity index (χ3n) is 2.58. The number of rotatable bonds is 3.